The molecule has 0 aliphatic rings. The van der Waals surface area contributed by atoms with Crippen LogP contribution in [0.5, 0.6) is 0 Å². The standard InChI is InChI=1S/C12H19ClN2S/c1-3-15(4-2)7-8-16-10-11-5-6-12(13)14-9-11/h5-6,9H,3-4,7-8,10H2,1-2H3. The molecule has 2 nitrogen and oxygen atoms in total. The Balaban J connectivity index is 2.18. The van der Waals surface area contributed by atoms with Crippen molar-refractivity contribution in [2.24, 2.45) is 0 Å². The van der Waals surface area contributed by atoms with Gasteiger partial charge in [0.05, 0.1) is 0 Å². The van der Waals surface area contributed by atoms with Crippen LogP contribution in [0.2, 0.25) is 5.15 Å². The topological polar surface area (TPSA) is 16.1 Å². The van der Waals surface area contributed by atoms with Crippen molar-refractivity contribution >= 4 is 23.4 Å². The highest BCUT2D eigenvalue weighted by Gasteiger charge is 1.99. The summed E-state index contributed by atoms with van der Waals surface area (Å²) in [5.74, 6) is 2.19. The number of hydrogen-bond acceptors (Lipinski definition) is 3. The first-order valence-electron chi connectivity index (χ1n) is 5.66. The molecule has 16 heavy (non-hydrogen) atoms. The number of aromatic nitrogens is 1. The highest BCUT2D eigenvalue weighted by molar-refractivity contribution is 7.98. The van der Waals surface area contributed by atoms with Crippen LogP contribution >= 0.6 is 23.4 Å². The van der Waals surface area contributed by atoms with Gasteiger partial charge in [-0.3, -0.25) is 0 Å². The summed E-state index contributed by atoms with van der Waals surface area (Å²) in [7, 11) is 0. The molecule has 1 rings (SSSR count). The molecule has 0 saturated heterocycles. The Morgan fingerprint density at radius 1 is 1.31 bits per heavy atom. The van der Waals surface area contributed by atoms with E-state index < -0.39 is 0 Å². The van der Waals surface area contributed by atoms with Crippen LogP contribution in [0.1, 0.15) is 19.4 Å². The minimum atomic E-state index is 0.567. The van der Waals surface area contributed by atoms with Gasteiger partial charge in [-0.25, -0.2) is 4.98 Å². The summed E-state index contributed by atoms with van der Waals surface area (Å²) < 4.78 is 0. The van der Waals surface area contributed by atoms with E-state index >= 15 is 0 Å². The third-order valence-corrected chi connectivity index (χ3v) is 3.74. The second-order valence-electron chi connectivity index (χ2n) is 3.57. The molecule has 90 valence electrons. The Kier molecular flexibility index (Phi) is 6.85. The van der Waals surface area contributed by atoms with Crippen molar-refractivity contribution in [2.45, 2.75) is 19.6 Å². The summed E-state index contributed by atoms with van der Waals surface area (Å²) >= 11 is 7.67. The summed E-state index contributed by atoms with van der Waals surface area (Å²) in [5, 5.41) is 0.567. The van der Waals surface area contributed by atoms with E-state index in [1.54, 1.807) is 0 Å². The highest BCUT2D eigenvalue weighted by Crippen LogP contribution is 2.13. The van der Waals surface area contributed by atoms with Gasteiger partial charge in [-0.15, -0.1) is 0 Å². The molecule has 0 bridgehead atoms. The smallest absolute Gasteiger partial charge is 0.129 e. The zero-order valence-corrected chi connectivity index (χ0v) is 11.5. The lowest BCUT2D eigenvalue weighted by Gasteiger charge is -2.17. The van der Waals surface area contributed by atoms with Gasteiger partial charge in [-0.2, -0.15) is 11.8 Å². The normalized spacial score (nSPS) is 11.0. The van der Waals surface area contributed by atoms with E-state index in [0.717, 1.165) is 18.8 Å². The van der Waals surface area contributed by atoms with E-state index in [-0.39, 0.29) is 0 Å². The van der Waals surface area contributed by atoms with Crippen LogP contribution < -0.4 is 0 Å². The van der Waals surface area contributed by atoms with Gasteiger partial charge >= 0.3 is 0 Å². The lowest BCUT2D eigenvalue weighted by Crippen LogP contribution is -2.25. The molecule has 4 heteroatoms. The van der Waals surface area contributed by atoms with Crippen LogP contribution in [-0.4, -0.2) is 35.3 Å². The highest BCUT2D eigenvalue weighted by atomic mass is 35.5. The molecule has 1 aromatic heterocycles. The molecule has 0 radical (unpaired) electrons. The number of rotatable bonds is 7. The summed E-state index contributed by atoms with van der Waals surface area (Å²) in [6.07, 6.45) is 1.85. The monoisotopic (exact) mass is 258 g/mol. The third-order valence-electron chi connectivity index (χ3n) is 2.50. The van der Waals surface area contributed by atoms with Crippen molar-refractivity contribution in [3.63, 3.8) is 0 Å². The number of halogens is 1. The van der Waals surface area contributed by atoms with Crippen LogP contribution in [0, 0.1) is 0 Å². The lowest BCUT2D eigenvalue weighted by molar-refractivity contribution is 0.324. The van der Waals surface area contributed by atoms with Crippen molar-refractivity contribution < 1.29 is 0 Å². The molecule has 0 N–H and O–H groups in total. The van der Waals surface area contributed by atoms with E-state index in [1.807, 2.05) is 30.1 Å². The van der Waals surface area contributed by atoms with Crippen molar-refractivity contribution in [3.8, 4) is 0 Å². The summed E-state index contributed by atoms with van der Waals surface area (Å²) in [5.41, 5.74) is 1.24. The molecular formula is C12H19ClN2S. The van der Waals surface area contributed by atoms with E-state index in [1.165, 1.54) is 17.9 Å². The van der Waals surface area contributed by atoms with Crippen LogP contribution in [0.15, 0.2) is 18.3 Å². The first-order chi connectivity index (χ1) is 7.76. The first kappa shape index (κ1) is 13.8. The Labute approximate surface area is 107 Å². The molecule has 0 fully saturated rings. The predicted molar refractivity (Wildman–Crippen MR) is 73.2 cm³/mol. The van der Waals surface area contributed by atoms with E-state index in [9.17, 15) is 0 Å². The Morgan fingerprint density at radius 3 is 2.62 bits per heavy atom. The maximum Gasteiger partial charge on any atom is 0.129 e. The van der Waals surface area contributed by atoms with Gasteiger partial charge in [-0.05, 0) is 24.7 Å². The predicted octanol–water partition coefficient (Wildman–Crippen LogP) is 3.31. The van der Waals surface area contributed by atoms with Crippen molar-refractivity contribution in [1.82, 2.24) is 9.88 Å². The van der Waals surface area contributed by atoms with Crippen molar-refractivity contribution in [1.29, 1.82) is 0 Å². The molecule has 0 unspecified atom stereocenters. The Bertz CT molecular complexity index is 286. The number of pyridine rings is 1. The summed E-state index contributed by atoms with van der Waals surface area (Å²) in [6, 6.07) is 3.89. The SMILES string of the molecule is CCN(CC)CCSCc1ccc(Cl)nc1. The average molecular weight is 259 g/mol. The summed E-state index contributed by atoms with van der Waals surface area (Å²) in [4.78, 5) is 6.50. The Morgan fingerprint density at radius 2 is 2.06 bits per heavy atom. The molecule has 0 saturated carbocycles. The average Bonchev–Trinajstić information content (AvgIpc) is 2.32. The molecule has 1 heterocycles. The van der Waals surface area contributed by atoms with E-state index in [2.05, 4.69) is 23.7 Å². The quantitative estimate of drug-likeness (QED) is 0.551. The van der Waals surface area contributed by atoms with Crippen LogP contribution in [0.25, 0.3) is 0 Å². The maximum absolute atomic E-state index is 5.73. The maximum atomic E-state index is 5.73. The molecule has 1 aromatic rings. The van der Waals surface area contributed by atoms with Gasteiger partial charge in [0.1, 0.15) is 5.15 Å². The van der Waals surface area contributed by atoms with Gasteiger partial charge in [0, 0.05) is 24.2 Å². The number of thioether (sulfide) groups is 1. The van der Waals surface area contributed by atoms with E-state index in [4.69, 9.17) is 11.6 Å². The fourth-order valence-corrected chi connectivity index (χ4v) is 2.47. The molecule has 0 atom stereocenters. The van der Waals surface area contributed by atoms with Gasteiger partial charge < -0.3 is 4.90 Å². The van der Waals surface area contributed by atoms with Gasteiger partial charge in [-0.1, -0.05) is 31.5 Å². The van der Waals surface area contributed by atoms with Gasteiger partial charge in [0.2, 0.25) is 0 Å². The van der Waals surface area contributed by atoms with Crippen molar-refractivity contribution in [3.05, 3.63) is 29.0 Å². The van der Waals surface area contributed by atoms with Crippen LogP contribution in [-0.2, 0) is 5.75 Å². The zero-order valence-electron chi connectivity index (χ0n) is 9.95. The molecule has 0 spiro atoms. The van der Waals surface area contributed by atoms with Gasteiger partial charge in [0.25, 0.3) is 0 Å². The van der Waals surface area contributed by atoms with Crippen molar-refractivity contribution in [2.75, 3.05) is 25.4 Å². The second kappa shape index (κ2) is 7.93. The number of nitrogens with zero attached hydrogens (tertiary/aromatic N) is 2. The zero-order chi connectivity index (χ0) is 11.8. The largest absolute Gasteiger partial charge is 0.303 e. The fraction of sp³-hybridized carbons (Fsp3) is 0.583. The van der Waals surface area contributed by atoms with Crippen LogP contribution in [0.3, 0.4) is 0 Å². The molecular weight excluding hydrogens is 240 g/mol. The van der Waals surface area contributed by atoms with Gasteiger partial charge in [0.15, 0.2) is 0 Å². The lowest BCUT2D eigenvalue weighted by atomic mass is 10.3. The van der Waals surface area contributed by atoms with Crippen LogP contribution in [0.4, 0.5) is 0 Å². The third kappa shape index (κ3) is 5.19. The van der Waals surface area contributed by atoms with E-state index in [0.29, 0.717) is 5.15 Å². The molecule has 0 aromatic carbocycles. The Hall–Kier alpha value is -0.250. The fourth-order valence-electron chi connectivity index (χ4n) is 1.42. The minimum absolute atomic E-state index is 0.567. The molecule has 0 aliphatic carbocycles. The first-order valence-corrected chi connectivity index (χ1v) is 7.20. The molecule has 0 aliphatic heterocycles. The molecule has 0 amide bonds. The minimum Gasteiger partial charge on any atom is -0.303 e. The summed E-state index contributed by atoms with van der Waals surface area (Å²) in [6.45, 7) is 7.85. The number of hydrogen-bond donors (Lipinski definition) is 0. The second-order valence-corrected chi connectivity index (χ2v) is 5.06.